The molecule has 170 valence electrons. The van der Waals surface area contributed by atoms with Crippen LogP contribution in [0.1, 0.15) is 12.5 Å². The van der Waals surface area contributed by atoms with Crippen LogP contribution in [0.4, 0.5) is 0 Å². The van der Waals surface area contributed by atoms with E-state index < -0.39 is 0 Å². The second kappa shape index (κ2) is 12.0. The number of nitrogens with two attached hydrogens (primary N) is 1. The van der Waals surface area contributed by atoms with Gasteiger partial charge in [0.2, 0.25) is 0 Å². The minimum absolute atomic E-state index is 0.769. The molecule has 0 amide bonds. The van der Waals surface area contributed by atoms with Crippen molar-refractivity contribution in [3.63, 3.8) is 0 Å². The van der Waals surface area contributed by atoms with Crippen LogP contribution in [0.15, 0.2) is 134 Å². The van der Waals surface area contributed by atoms with Gasteiger partial charge in [-0.1, -0.05) is 105 Å². The highest BCUT2D eigenvalue weighted by Crippen LogP contribution is 2.26. The van der Waals surface area contributed by atoms with Gasteiger partial charge in [-0.25, -0.2) is 4.98 Å². The Labute approximate surface area is 202 Å². The third kappa shape index (κ3) is 6.11. The van der Waals surface area contributed by atoms with Crippen LogP contribution in [0.5, 0.6) is 0 Å². The third-order valence-electron chi connectivity index (χ3n) is 5.33. The second-order valence-electron chi connectivity index (χ2n) is 7.75. The molecule has 0 saturated carbocycles. The van der Waals surface area contributed by atoms with Crippen molar-refractivity contribution < 1.29 is 0 Å². The van der Waals surface area contributed by atoms with E-state index in [1.54, 1.807) is 0 Å². The first-order chi connectivity index (χ1) is 16.6. The highest BCUT2D eigenvalue weighted by molar-refractivity contribution is 5.80. The lowest BCUT2D eigenvalue weighted by molar-refractivity contribution is 1.18. The number of allylic oxidation sites excluding steroid dienone is 6. The van der Waals surface area contributed by atoms with Crippen molar-refractivity contribution in [1.82, 2.24) is 9.97 Å². The Hall–Kier alpha value is -4.37. The van der Waals surface area contributed by atoms with E-state index in [0.29, 0.717) is 0 Å². The van der Waals surface area contributed by atoms with Crippen LogP contribution < -0.4 is 5.73 Å². The van der Waals surface area contributed by atoms with E-state index in [9.17, 15) is 0 Å². The van der Waals surface area contributed by atoms with Crippen molar-refractivity contribution in [2.75, 3.05) is 0 Å². The van der Waals surface area contributed by atoms with Crippen molar-refractivity contribution >= 4 is 11.0 Å². The van der Waals surface area contributed by atoms with E-state index >= 15 is 0 Å². The summed E-state index contributed by atoms with van der Waals surface area (Å²) in [6, 6.07) is 25.3. The fourth-order valence-corrected chi connectivity index (χ4v) is 3.63. The lowest BCUT2D eigenvalue weighted by Crippen LogP contribution is -1.92. The molecule has 0 atom stereocenters. The molecule has 3 N–H and O–H groups in total. The summed E-state index contributed by atoms with van der Waals surface area (Å²) in [7, 11) is 0. The van der Waals surface area contributed by atoms with E-state index in [1.807, 2.05) is 37.3 Å². The van der Waals surface area contributed by atoms with Crippen LogP contribution in [0.2, 0.25) is 0 Å². The fourth-order valence-electron chi connectivity index (χ4n) is 3.63. The number of nitrogens with zero attached hydrogens (tertiary/aromatic N) is 1. The summed E-state index contributed by atoms with van der Waals surface area (Å²) in [4.78, 5) is 8.26. The minimum Gasteiger partial charge on any atom is -0.405 e. The Morgan fingerprint density at radius 1 is 0.941 bits per heavy atom. The highest BCUT2D eigenvalue weighted by Gasteiger charge is 2.08. The first kappa shape index (κ1) is 24.3. The zero-order chi connectivity index (χ0) is 24.3. The number of nitrogens with one attached hydrogen (secondary N) is 1. The van der Waals surface area contributed by atoms with Gasteiger partial charge in [-0.2, -0.15) is 0 Å². The number of H-pyrrole nitrogens is 1. The van der Waals surface area contributed by atoms with Crippen LogP contribution in [0.3, 0.4) is 0 Å². The molecule has 0 saturated heterocycles. The average Bonchev–Trinajstić information content (AvgIpc) is 3.29. The molecule has 0 unspecified atom stereocenters. The number of aromatic nitrogens is 2. The maximum absolute atomic E-state index is 4.78. The van der Waals surface area contributed by atoms with Gasteiger partial charge < -0.3 is 10.7 Å². The van der Waals surface area contributed by atoms with E-state index in [0.717, 1.165) is 40.0 Å². The van der Waals surface area contributed by atoms with E-state index in [2.05, 4.69) is 97.2 Å². The molecule has 0 aliphatic carbocycles. The highest BCUT2D eigenvalue weighted by atomic mass is 14.9. The summed E-state index contributed by atoms with van der Waals surface area (Å²) < 4.78 is 0. The first-order valence-corrected chi connectivity index (χ1v) is 11.2. The summed E-state index contributed by atoms with van der Waals surface area (Å²) >= 11 is 0. The van der Waals surface area contributed by atoms with Crippen molar-refractivity contribution in [3.05, 3.63) is 140 Å². The average molecular weight is 446 g/mol. The molecule has 34 heavy (non-hydrogen) atoms. The van der Waals surface area contributed by atoms with Gasteiger partial charge in [-0.15, -0.1) is 0 Å². The Balaban J connectivity index is 0.00000103. The Kier molecular flexibility index (Phi) is 8.59. The molecule has 3 nitrogen and oxygen atoms in total. The fraction of sp³-hybridized carbons (Fsp3) is 0.0645. The molecule has 0 spiro atoms. The van der Waals surface area contributed by atoms with Crippen LogP contribution in [0.25, 0.3) is 33.5 Å². The van der Waals surface area contributed by atoms with Crippen molar-refractivity contribution in [3.8, 4) is 22.5 Å². The number of rotatable bonds is 7. The van der Waals surface area contributed by atoms with E-state index in [4.69, 9.17) is 4.98 Å². The molecule has 1 aromatic heterocycles. The van der Waals surface area contributed by atoms with Crippen molar-refractivity contribution in [2.45, 2.75) is 13.3 Å². The normalized spacial score (nSPS) is 11.1. The van der Waals surface area contributed by atoms with Gasteiger partial charge in [0.05, 0.1) is 11.0 Å². The number of imidazole rings is 1. The Morgan fingerprint density at radius 3 is 2.24 bits per heavy atom. The molecule has 0 bridgehead atoms. The maximum Gasteiger partial charge on any atom is 0.138 e. The summed E-state index contributed by atoms with van der Waals surface area (Å²) in [5, 5.41) is 0. The van der Waals surface area contributed by atoms with Crippen LogP contribution >= 0.6 is 0 Å². The third-order valence-corrected chi connectivity index (χ3v) is 5.33. The zero-order valence-electron chi connectivity index (χ0n) is 19.7. The van der Waals surface area contributed by atoms with Gasteiger partial charge >= 0.3 is 0 Å². The van der Waals surface area contributed by atoms with E-state index in [-0.39, 0.29) is 0 Å². The zero-order valence-corrected chi connectivity index (χ0v) is 19.7. The molecule has 4 aromatic rings. The molecule has 0 radical (unpaired) electrons. The van der Waals surface area contributed by atoms with Crippen LogP contribution in [0, 0.1) is 0 Å². The minimum atomic E-state index is 0.769. The Morgan fingerprint density at radius 2 is 1.59 bits per heavy atom. The number of aromatic amines is 1. The van der Waals surface area contributed by atoms with Gasteiger partial charge in [-0.05, 0) is 59.5 Å². The van der Waals surface area contributed by atoms with Crippen molar-refractivity contribution in [2.24, 2.45) is 5.73 Å². The summed E-state index contributed by atoms with van der Waals surface area (Å²) in [6.45, 7) is 13.3. The number of benzene rings is 3. The monoisotopic (exact) mass is 445 g/mol. The van der Waals surface area contributed by atoms with Crippen LogP contribution in [-0.4, -0.2) is 9.97 Å². The lowest BCUT2D eigenvalue weighted by Gasteiger charge is -2.06. The number of fused-ring (bicyclic) bond motifs is 1. The summed E-state index contributed by atoms with van der Waals surface area (Å²) in [6.07, 6.45) is 9.93. The Bertz CT molecular complexity index is 1320. The topological polar surface area (TPSA) is 54.7 Å². The predicted octanol–water partition coefficient (Wildman–Crippen LogP) is 7.77. The number of hydrogen-bond acceptors (Lipinski definition) is 2. The van der Waals surface area contributed by atoms with E-state index in [1.165, 1.54) is 22.9 Å². The first-order valence-electron chi connectivity index (χ1n) is 11.2. The molecule has 0 aliphatic rings. The van der Waals surface area contributed by atoms with Crippen molar-refractivity contribution in [1.29, 1.82) is 0 Å². The van der Waals surface area contributed by atoms with Gasteiger partial charge in [0.15, 0.2) is 0 Å². The molecule has 0 fully saturated rings. The maximum atomic E-state index is 4.78. The SMILES string of the molecule is C=C/C(=C\C=C/C)C(=C)Cc1ccc2nc(-c3ccc(-c4ccccc4)cc3)[nH]c2c1.C=CN. The largest absolute Gasteiger partial charge is 0.405 e. The molecule has 4 rings (SSSR count). The second-order valence-corrected chi connectivity index (χ2v) is 7.75. The quantitative estimate of drug-likeness (QED) is 0.285. The molecule has 0 aliphatic heterocycles. The van der Waals surface area contributed by atoms with Gasteiger partial charge in [0.1, 0.15) is 5.82 Å². The molecular weight excluding hydrogens is 414 g/mol. The standard InChI is InChI=1S/C29H26N2.C2H5N/c1-4-6-10-23(5-2)21(3)19-22-13-18-27-28(20-22)31-29(30-27)26-16-14-25(15-17-26)24-11-8-7-9-12-24;1-2-3/h4-18,20H,2-3,19H2,1H3,(H,30,31);2H,1,3H2/b6-4-,23-10+;. The molecule has 3 aromatic carbocycles. The van der Waals surface area contributed by atoms with Gasteiger partial charge in [0, 0.05) is 5.56 Å². The number of hydrogen-bond donors (Lipinski definition) is 2. The summed E-state index contributed by atoms with van der Waals surface area (Å²) in [5.74, 6) is 0.880. The molecular formula is C31H31N3. The summed E-state index contributed by atoms with van der Waals surface area (Å²) in [5.41, 5.74) is 13.4. The smallest absolute Gasteiger partial charge is 0.138 e. The van der Waals surface area contributed by atoms with Gasteiger partial charge in [0.25, 0.3) is 0 Å². The predicted molar refractivity (Wildman–Crippen MR) is 147 cm³/mol. The molecule has 3 heteroatoms. The van der Waals surface area contributed by atoms with Crippen LogP contribution in [-0.2, 0) is 6.42 Å². The molecule has 1 heterocycles. The van der Waals surface area contributed by atoms with Gasteiger partial charge in [-0.3, -0.25) is 0 Å². The lowest BCUT2D eigenvalue weighted by atomic mass is 9.99.